The van der Waals surface area contributed by atoms with E-state index in [2.05, 4.69) is 10.6 Å². The number of hydrogen-bond donors (Lipinski definition) is 2. The SMILES string of the molecule is CC(=O)NC(CC(=O)OC(C(=O)Nc1ccc(F)cc1)c1ccccc1)c1ccc(Cl)cc1. The van der Waals surface area contributed by atoms with Gasteiger partial charge in [0.15, 0.2) is 0 Å². The number of carbonyl (C=O) groups is 3. The predicted molar refractivity (Wildman–Crippen MR) is 123 cm³/mol. The third-order valence-corrected chi connectivity index (χ3v) is 4.97. The number of ether oxygens (including phenoxy) is 1. The van der Waals surface area contributed by atoms with Crippen LogP contribution in [0.15, 0.2) is 78.9 Å². The van der Waals surface area contributed by atoms with Crippen molar-refractivity contribution in [2.24, 2.45) is 0 Å². The summed E-state index contributed by atoms with van der Waals surface area (Å²) in [6, 6.07) is 19.8. The van der Waals surface area contributed by atoms with Gasteiger partial charge < -0.3 is 15.4 Å². The van der Waals surface area contributed by atoms with E-state index in [0.717, 1.165) is 0 Å². The highest BCUT2D eigenvalue weighted by Crippen LogP contribution is 2.24. The molecule has 0 spiro atoms. The standard InChI is InChI=1S/C25H22ClFN2O4/c1-16(30)28-22(17-7-9-19(26)10-8-17)15-23(31)33-24(18-5-3-2-4-6-18)25(32)29-21-13-11-20(27)12-14-21/h2-14,22,24H,15H2,1H3,(H,28,30)(H,29,32). The first-order valence-corrected chi connectivity index (χ1v) is 10.5. The highest BCUT2D eigenvalue weighted by atomic mass is 35.5. The maximum absolute atomic E-state index is 13.2. The summed E-state index contributed by atoms with van der Waals surface area (Å²) in [5.41, 5.74) is 1.49. The van der Waals surface area contributed by atoms with E-state index < -0.39 is 29.8 Å². The van der Waals surface area contributed by atoms with Crippen LogP contribution in [0.5, 0.6) is 0 Å². The van der Waals surface area contributed by atoms with E-state index in [4.69, 9.17) is 16.3 Å². The van der Waals surface area contributed by atoms with Crippen molar-refractivity contribution in [3.63, 3.8) is 0 Å². The summed E-state index contributed by atoms with van der Waals surface area (Å²) in [7, 11) is 0. The molecular weight excluding hydrogens is 447 g/mol. The molecule has 3 rings (SSSR count). The molecule has 33 heavy (non-hydrogen) atoms. The fraction of sp³-hybridized carbons (Fsp3) is 0.160. The Hall–Kier alpha value is -3.71. The lowest BCUT2D eigenvalue weighted by molar-refractivity contribution is -0.155. The number of nitrogens with one attached hydrogen (secondary N) is 2. The van der Waals surface area contributed by atoms with Gasteiger partial charge in [-0.15, -0.1) is 0 Å². The van der Waals surface area contributed by atoms with Crippen molar-refractivity contribution >= 4 is 35.1 Å². The Labute approximate surface area is 195 Å². The second-order valence-corrected chi connectivity index (χ2v) is 7.72. The summed E-state index contributed by atoms with van der Waals surface area (Å²) in [4.78, 5) is 37.4. The Morgan fingerprint density at radius 1 is 0.909 bits per heavy atom. The van der Waals surface area contributed by atoms with Crippen LogP contribution in [-0.2, 0) is 19.1 Å². The fourth-order valence-corrected chi connectivity index (χ4v) is 3.31. The third-order valence-electron chi connectivity index (χ3n) is 4.72. The highest BCUT2D eigenvalue weighted by molar-refractivity contribution is 6.30. The lowest BCUT2D eigenvalue weighted by atomic mass is 10.0. The number of rotatable bonds is 8. The zero-order chi connectivity index (χ0) is 23.8. The van der Waals surface area contributed by atoms with Crippen molar-refractivity contribution in [2.75, 3.05) is 5.32 Å². The van der Waals surface area contributed by atoms with Gasteiger partial charge in [-0.2, -0.15) is 0 Å². The van der Waals surface area contributed by atoms with Gasteiger partial charge in [-0.3, -0.25) is 14.4 Å². The molecule has 0 heterocycles. The average Bonchev–Trinajstić information content (AvgIpc) is 2.79. The molecular formula is C25H22ClFN2O4. The van der Waals surface area contributed by atoms with Gasteiger partial charge in [-0.05, 0) is 42.0 Å². The Morgan fingerprint density at radius 2 is 1.55 bits per heavy atom. The number of esters is 1. The molecule has 0 aliphatic rings. The first-order chi connectivity index (χ1) is 15.8. The fourth-order valence-electron chi connectivity index (χ4n) is 3.18. The van der Waals surface area contributed by atoms with Crippen LogP contribution in [-0.4, -0.2) is 17.8 Å². The minimum absolute atomic E-state index is 0.200. The van der Waals surface area contributed by atoms with Crippen LogP contribution in [0.4, 0.5) is 10.1 Å². The van der Waals surface area contributed by atoms with Gasteiger partial charge in [0, 0.05) is 23.2 Å². The second-order valence-electron chi connectivity index (χ2n) is 7.29. The van der Waals surface area contributed by atoms with Gasteiger partial charge in [-0.1, -0.05) is 54.1 Å². The van der Waals surface area contributed by atoms with E-state index in [1.165, 1.54) is 31.2 Å². The van der Waals surface area contributed by atoms with Crippen LogP contribution in [0.1, 0.15) is 36.6 Å². The molecule has 2 N–H and O–H groups in total. The molecule has 0 saturated carbocycles. The summed E-state index contributed by atoms with van der Waals surface area (Å²) >= 11 is 5.93. The Balaban J connectivity index is 1.78. The molecule has 0 radical (unpaired) electrons. The highest BCUT2D eigenvalue weighted by Gasteiger charge is 2.27. The van der Waals surface area contributed by atoms with E-state index in [1.807, 2.05) is 0 Å². The van der Waals surface area contributed by atoms with Crippen LogP contribution in [0.3, 0.4) is 0 Å². The zero-order valence-electron chi connectivity index (χ0n) is 17.8. The molecule has 2 amide bonds. The van der Waals surface area contributed by atoms with Crippen molar-refractivity contribution in [2.45, 2.75) is 25.5 Å². The van der Waals surface area contributed by atoms with Crippen LogP contribution in [0.25, 0.3) is 0 Å². The summed E-state index contributed by atoms with van der Waals surface area (Å²) in [6.07, 6.45) is -1.44. The van der Waals surface area contributed by atoms with Crippen molar-refractivity contribution in [1.82, 2.24) is 5.32 Å². The summed E-state index contributed by atoms with van der Waals surface area (Å²) < 4.78 is 18.7. The molecule has 0 aromatic heterocycles. The molecule has 170 valence electrons. The van der Waals surface area contributed by atoms with E-state index in [9.17, 15) is 18.8 Å². The van der Waals surface area contributed by atoms with E-state index in [0.29, 0.717) is 21.8 Å². The quantitative estimate of drug-likeness (QED) is 0.457. The Kier molecular flexibility index (Phi) is 8.16. The topological polar surface area (TPSA) is 84.5 Å². The number of anilines is 1. The molecule has 3 aromatic carbocycles. The van der Waals surface area contributed by atoms with E-state index in [1.54, 1.807) is 54.6 Å². The molecule has 0 fully saturated rings. The lowest BCUT2D eigenvalue weighted by Gasteiger charge is -2.21. The summed E-state index contributed by atoms with van der Waals surface area (Å²) in [6.45, 7) is 1.34. The average molecular weight is 469 g/mol. The molecule has 8 heteroatoms. The second kappa shape index (κ2) is 11.2. The Morgan fingerprint density at radius 3 is 2.15 bits per heavy atom. The molecule has 6 nitrogen and oxygen atoms in total. The minimum atomic E-state index is -1.24. The van der Waals surface area contributed by atoms with Crippen molar-refractivity contribution in [1.29, 1.82) is 0 Å². The maximum atomic E-state index is 13.2. The minimum Gasteiger partial charge on any atom is -0.447 e. The van der Waals surface area contributed by atoms with Crippen LogP contribution in [0.2, 0.25) is 5.02 Å². The van der Waals surface area contributed by atoms with Crippen LogP contribution < -0.4 is 10.6 Å². The Bertz CT molecular complexity index is 1110. The van der Waals surface area contributed by atoms with Gasteiger partial charge in [0.05, 0.1) is 12.5 Å². The van der Waals surface area contributed by atoms with Gasteiger partial charge in [0.1, 0.15) is 5.82 Å². The smallest absolute Gasteiger partial charge is 0.309 e. The molecule has 0 bridgehead atoms. The number of amides is 2. The molecule has 2 atom stereocenters. The maximum Gasteiger partial charge on any atom is 0.309 e. The molecule has 2 unspecified atom stereocenters. The van der Waals surface area contributed by atoms with Gasteiger partial charge in [0.25, 0.3) is 5.91 Å². The first-order valence-electron chi connectivity index (χ1n) is 10.2. The van der Waals surface area contributed by atoms with Crippen molar-refractivity contribution in [3.8, 4) is 0 Å². The number of benzene rings is 3. The van der Waals surface area contributed by atoms with E-state index in [-0.39, 0.29) is 12.3 Å². The van der Waals surface area contributed by atoms with Gasteiger partial charge in [0.2, 0.25) is 12.0 Å². The monoisotopic (exact) mass is 468 g/mol. The number of hydrogen-bond acceptors (Lipinski definition) is 4. The zero-order valence-corrected chi connectivity index (χ0v) is 18.5. The number of halogens is 2. The van der Waals surface area contributed by atoms with Crippen molar-refractivity contribution < 1.29 is 23.5 Å². The number of carbonyl (C=O) groups excluding carboxylic acids is 3. The van der Waals surface area contributed by atoms with Crippen LogP contribution in [0, 0.1) is 5.82 Å². The van der Waals surface area contributed by atoms with Crippen molar-refractivity contribution in [3.05, 3.63) is 101 Å². The normalized spacial score (nSPS) is 12.3. The van der Waals surface area contributed by atoms with Crippen LogP contribution >= 0.6 is 11.6 Å². The molecule has 3 aromatic rings. The third kappa shape index (κ3) is 7.15. The van der Waals surface area contributed by atoms with Gasteiger partial charge >= 0.3 is 5.97 Å². The van der Waals surface area contributed by atoms with E-state index >= 15 is 0 Å². The molecule has 0 aliphatic heterocycles. The van der Waals surface area contributed by atoms with Gasteiger partial charge in [-0.25, -0.2) is 4.39 Å². The largest absolute Gasteiger partial charge is 0.447 e. The summed E-state index contributed by atoms with van der Waals surface area (Å²) in [5, 5.41) is 5.86. The molecule has 0 aliphatic carbocycles. The summed E-state index contributed by atoms with van der Waals surface area (Å²) in [5.74, 6) is -2.04. The first kappa shape index (κ1) is 23.9. The lowest BCUT2D eigenvalue weighted by Crippen LogP contribution is -2.31. The molecule has 0 saturated heterocycles. The predicted octanol–water partition coefficient (Wildman–Crippen LogP) is 4.97.